The van der Waals surface area contributed by atoms with Gasteiger partial charge in [0.15, 0.2) is 0 Å². The van der Waals surface area contributed by atoms with E-state index in [9.17, 15) is 9.59 Å². The fraction of sp³-hybridized carbons (Fsp3) is 0.200. The van der Waals surface area contributed by atoms with Crippen molar-refractivity contribution in [3.05, 3.63) is 106 Å². The van der Waals surface area contributed by atoms with Crippen LogP contribution in [-0.2, 0) is 11.3 Å². The molecule has 0 bridgehead atoms. The van der Waals surface area contributed by atoms with Crippen LogP contribution < -0.4 is 10.3 Å². The number of thiophene rings is 1. The third-order valence-electron chi connectivity index (χ3n) is 6.43. The lowest BCUT2D eigenvalue weighted by atomic mass is 10.0. The minimum atomic E-state index is -0.167. The predicted octanol–water partition coefficient (Wildman–Crippen LogP) is 5.87. The number of carbonyl (C=O) groups is 1. The van der Waals surface area contributed by atoms with Gasteiger partial charge in [-0.05, 0) is 59.1 Å². The van der Waals surface area contributed by atoms with Crippen molar-refractivity contribution < 1.29 is 14.3 Å². The van der Waals surface area contributed by atoms with E-state index < -0.39 is 0 Å². The molecule has 3 heterocycles. The fourth-order valence-corrected chi connectivity index (χ4v) is 5.37. The maximum Gasteiger partial charge on any atom is 0.263 e. The van der Waals surface area contributed by atoms with Crippen LogP contribution in [-0.4, -0.2) is 42.0 Å². The van der Waals surface area contributed by atoms with Crippen molar-refractivity contribution in [3.8, 4) is 16.9 Å². The maximum absolute atomic E-state index is 13.8. The molecule has 188 valence electrons. The highest BCUT2D eigenvalue weighted by atomic mass is 32.1. The van der Waals surface area contributed by atoms with Crippen molar-refractivity contribution in [2.75, 3.05) is 26.8 Å². The van der Waals surface area contributed by atoms with Gasteiger partial charge in [0, 0.05) is 32.0 Å². The minimum Gasteiger partial charge on any atom is -0.489 e. The first kappa shape index (κ1) is 24.7. The topological polar surface area (TPSA) is 60.2 Å². The number of nitrogens with zero attached hydrogens (tertiary/aromatic N) is 2. The van der Waals surface area contributed by atoms with Gasteiger partial charge in [0.05, 0.1) is 22.4 Å². The molecule has 0 aliphatic carbocycles. The van der Waals surface area contributed by atoms with Gasteiger partial charge >= 0.3 is 0 Å². The van der Waals surface area contributed by atoms with Gasteiger partial charge in [-0.2, -0.15) is 0 Å². The second-order valence-corrected chi connectivity index (χ2v) is 9.61. The Morgan fingerprint density at radius 1 is 1.03 bits per heavy atom. The molecule has 3 aromatic heterocycles. The summed E-state index contributed by atoms with van der Waals surface area (Å²) in [5.74, 6) is 0.587. The molecule has 5 rings (SSSR count). The van der Waals surface area contributed by atoms with E-state index in [0.717, 1.165) is 21.2 Å². The molecular weight excluding hydrogens is 484 g/mol. The van der Waals surface area contributed by atoms with Crippen molar-refractivity contribution in [2.45, 2.75) is 13.5 Å². The molecule has 0 fully saturated rings. The van der Waals surface area contributed by atoms with Crippen molar-refractivity contribution in [3.63, 3.8) is 0 Å². The van der Waals surface area contributed by atoms with Crippen LogP contribution in [0.3, 0.4) is 0 Å². The van der Waals surface area contributed by atoms with E-state index >= 15 is 0 Å². The number of aromatic nitrogens is 1. The van der Waals surface area contributed by atoms with Gasteiger partial charge in [-0.3, -0.25) is 14.0 Å². The molecule has 0 saturated carbocycles. The summed E-state index contributed by atoms with van der Waals surface area (Å²) in [6.07, 6.45) is 1.76. The number of ether oxygens (including phenoxy) is 2. The first-order valence-corrected chi connectivity index (χ1v) is 13.1. The molecule has 0 spiro atoms. The summed E-state index contributed by atoms with van der Waals surface area (Å²) in [5, 5.41) is 2.99. The van der Waals surface area contributed by atoms with Crippen LogP contribution in [0.1, 0.15) is 22.8 Å². The van der Waals surface area contributed by atoms with E-state index in [-0.39, 0.29) is 11.5 Å². The van der Waals surface area contributed by atoms with Crippen LogP contribution in [0, 0.1) is 0 Å². The number of benzene rings is 2. The highest BCUT2D eigenvalue weighted by Crippen LogP contribution is 2.30. The van der Waals surface area contributed by atoms with Gasteiger partial charge in [-0.25, -0.2) is 0 Å². The lowest BCUT2D eigenvalue weighted by molar-refractivity contribution is 0.0708. The molecule has 5 aromatic rings. The second kappa shape index (κ2) is 11.0. The standard InChI is InChI=1S/C30H28N2O4S/c1-3-31(16-17-35-2)29(33)26-19-25(30(34)32-15-13-23-14-18-37-28(23)27(26)32)22-9-11-24(12-10-22)36-20-21-7-5-4-6-8-21/h4-15,18-19H,3,16-17,20H2,1-2H3. The van der Waals surface area contributed by atoms with Crippen LogP contribution in [0.2, 0.25) is 0 Å². The average molecular weight is 513 g/mol. The summed E-state index contributed by atoms with van der Waals surface area (Å²) < 4.78 is 13.7. The number of amides is 1. The van der Waals surface area contributed by atoms with Crippen LogP contribution in [0.4, 0.5) is 0 Å². The van der Waals surface area contributed by atoms with Gasteiger partial charge in [-0.15, -0.1) is 11.3 Å². The predicted molar refractivity (Wildman–Crippen MR) is 149 cm³/mol. The molecule has 0 N–H and O–H groups in total. The van der Waals surface area contributed by atoms with Crippen LogP contribution in [0.5, 0.6) is 5.75 Å². The van der Waals surface area contributed by atoms with Crippen LogP contribution >= 0.6 is 11.3 Å². The monoisotopic (exact) mass is 512 g/mol. The molecule has 0 aliphatic rings. The normalized spacial score (nSPS) is 11.2. The lowest BCUT2D eigenvalue weighted by Gasteiger charge is -2.22. The van der Waals surface area contributed by atoms with Gasteiger partial charge in [0.1, 0.15) is 12.4 Å². The van der Waals surface area contributed by atoms with E-state index in [2.05, 4.69) is 0 Å². The van der Waals surface area contributed by atoms with Crippen molar-refractivity contribution >= 4 is 32.8 Å². The van der Waals surface area contributed by atoms with E-state index in [4.69, 9.17) is 9.47 Å². The minimum absolute atomic E-state index is 0.123. The smallest absolute Gasteiger partial charge is 0.263 e. The van der Waals surface area contributed by atoms with Gasteiger partial charge < -0.3 is 14.4 Å². The quantitative estimate of drug-likeness (QED) is 0.248. The summed E-state index contributed by atoms with van der Waals surface area (Å²) in [6.45, 7) is 3.86. The fourth-order valence-electron chi connectivity index (χ4n) is 4.42. The number of rotatable bonds is 9. The van der Waals surface area contributed by atoms with E-state index in [1.807, 2.05) is 79.0 Å². The molecule has 2 aromatic carbocycles. The first-order valence-electron chi connectivity index (χ1n) is 12.2. The Bertz CT molecular complexity index is 1590. The number of carbonyl (C=O) groups excluding carboxylic acids is 1. The molecule has 0 saturated heterocycles. The number of pyridine rings is 2. The van der Waals surface area contributed by atoms with Crippen molar-refractivity contribution in [1.82, 2.24) is 9.30 Å². The molecular formula is C30H28N2O4S. The number of hydrogen-bond acceptors (Lipinski definition) is 5. The van der Waals surface area contributed by atoms with Crippen molar-refractivity contribution in [1.29, 1.82) is 0 Å². The van der Waals surface area contributed by atoms with Gasteiger partial charge in [0.2, 0.25) is 0 Å². The zero-order valence-electron chi connectivity index (χ0n) is 20.8. The molecule has 1 amide bonds. The van der Waals surface area contributed by atoms with Gasteiger partial charge in [-0.1, -0.05) is 42.5 Å². The zero-order chi connectivity index (χ0) is 25.8. The zero-order valence-corrected chi connectivity index (χ0v) is 21.7. The number of hydrogen-bond donors (Lipinski definition) is 0. The highest BCUT2D eigenvalue weighted by molar-refractivity contribution is 7.18. The van der Waals surface area contributed by atoms with E-state index in [1.165, 1.54) is 11.3 Å². The summed E-state index contributed by atoms with van der Waals surface area (Å²) in [5.41, 5.74) is 3.26. The van der Waals surface area contributed by atoms with Crippen LogP contribution in [0.15, 0.2) is 89.2 Å². The summed E-state index contributed by atoms with van der Waals surface area (Å²) >= 11 is 1.53. The summed E-state index contributed by atoms with van der Waals surface area (Å²) in [6, 6.07) is 23.1. The lowest BCUT2D eigenvalue weighted by Crippen LogP contribution is -2.34. The molecule has 37 heavy (non-hydrogen) atoms. The maximum atomic E-state index is 13.8. The Labute approximate surface area is 219 Å². The van der Waals surface area contributed by atoms with Crippen LogP contribution in [0.25, 0.3) is 26.7 Å². The first-order chi connectivity index (χ1) is 18.1. The third kappa shape index (κ3) is 5.01. The highest BCUT2D eigenvalue weighted by Gasteiger charge is 2.22. The Morgan fingerprint density at radius 2 is 1.81 bits per heavy atom. The van der Waals surface area contributed by atoms with Gasteiger partial charge in [0.25, 0.3) is 11.5 Å². The molecule has 7 heteroatoms. The molecule has 0 aliphatic heterocycles. The Balaban J connectivity index is 1.57. The molecule has 0 unspecified atom stereocenters. The number of likely N-dealkylation sites (N-methyl/N-ethyl adjacent to an activating group) is 1. The van der Waals surface area contributed by atoms with E-state index in [0.29, 0.717) is 48.7 Å². The number of methoxy groups -OCH3 is 1. The largest absolute Gasteiger partial charge is 0.489 e. The second-order valence-electron chi connectivity index (χ2n) is 8.69. The van der Waals surface area contributed by atoms with E-state index in [1.54, 1.807) is 28.7 Å². The molecule has 0 radical (unpaired) electrons. The summed E-state index contributed by atoms with van der Waals surface area (Å²) in [4.78, 5) is 29.2. The Morgan fingerprint density at radius 3 is 2.54 bits per heavy atom. The average Bonchev–Trinajstić information content (AvgIpc) is 3.43. The molecule has 6 nitrogen and oxygen atoms in total. The third-order valence-corrected chi connectivity index (χ3v) is 7.36. The van der Waals surface area contributed by atoms with Crippen molar-refractivity contribution in [2.24, 2.45) is 0 Å². The Hall–Kier alpha value is -3.94. The SMILES string of the molecule is CCN(CCOC)C(=O)c1cc(-c2ccc(OCc3ccccc3)cc2)c(=O)n2ccc3ccsc3c12. The summed E-state index contributed by atoms with van der Waals surface area (Å²) in [7, 11) is 1.62. The Kier molecular flexibility index (Phi) is 7.35. The number of fused-ring (bicyclic) bond motifs is 3. The molecule has 0 atom stereocenters.